The van der Waals surface area contributed by atoms with E-state index in [1.165, 1.54) is 12.1 Å². The lowest BCUT2D eigenvalue weighted by molar-refractivity contribution is 0.281. The van der Waals surface area contributed by atoms with Crippen molar-refractivity contribution in [1.82, 2.24) is 0 Å². The van der Waals surface area contributed by atoms with Crippen molar-refractivity contribution in [1.29, 1.82) is 0 Å². The monoisotopic (exact) mass is 236 g/mol. The van der Waals surface area contributed by atoms with E-state index >= 15 is 0 Å². The van der Waals surface area contributed by atoms with Gasteiger partial charge in [-0.15, -0.1) is 0 Å². The predicted octanol–water partition coefficient (Wildman–Crippen LogP) is 3.25. The molecule has 0 heterocycles. The molecular weight excluding hydrogens is 226 g/mol. The van der Waals surface area contributed by atoms with Gasteiger partial charge in [-0.25, -0.2) is 4.39 Å². The normalized spacial score (nSPS) is 10.3. The van der Waals surface area contributed by atoms with Crippen LogP contribution >= 0.6 is 0 Å². The summed E-state index contributed by atoms with van der Waals surface area (Å²) in [7, 11) is 0. The molecule has 0 unspecified atom stereocenters. The molecule has 0 radical (unpaired) electrons. The van der Waals surface area contributed by atoms with Gasteiger partial charge in [-0.2, -0.15) is 4.39 Å². The Kier molecular flexibility index (Phi) is 3.35. The molecule has 0 aliphatic rings. The zero-order valence-electron chi connectivity index (χ0n) is 8.86. The van der Waals surface area contributed by atoms with E-state index in [0.717, 1.165) is 11.6 Å². The Morgan fingerprint density at radius 2 is 1.71 bits per heavy atom. The molecule has 88 valence electrons. The van der Waals surface area contributed by atoms with Crippen molar-refractivity contribution < 1.29 is 18.6 Å². The topological polar surface area (TPSA) is 29.5 Å². The van der Waals surface area contributed by atoms with Crippen LogP contribution in [-0.4, -0.2) is 5.11 Å². The molecule has 2 aromatic carbocycles. The number of hydrogen-bond acceptors (Lipinski definition) is 2. The van der Waals surface area contributed by atoms with Gasteiger partial charge >= 0.3 is 0 Å². The second-order valence-corrected chi connectivity index (χ2v) is 3.46. The van der Waals surface area contributed by atoms with Gasteiger partial charge in [0, 0.05) is 0 Å². The van der Waals surface area contributed by atoms with Crippen molar-refractivity contribution in [3.8, 4) is 11.5 Å². The van der Waals surface area contributed by atoms with Crippen molar-refractivity contribution in [3.05, 3.63) is 59.7 Å². The highest BCUT2D eigenvalue weighted by molar-refractivity contribution is 5.34. The summed E-state index contributed by atoms with van der Waals surface area (Å²) in [6.07, 6.45) is 0. The SMILES string of the molecule is OCc1ccc(Oc2cccc(F)c2F)cc1. The first kappa shape index (κ1) is 11.5. The second-order valence-electron chi connectivity index (χ2n) is 3.46. The number of rotatable bonds is 3. The smallest absolute Gasteiger partial charge is 0.201 e. The Bertz CT molecular complexity index is 509. The predicted molar refractivity (Wildman–Crippen MR) is 58.8 cm³/mol. The third-order valence-electron chi connectivity index (χ3n) is 2.25. The number of benzene rings is 2. The van der Waals surface area contributed by atoms with Crippen molar-refractivity contribution >= 4 is 0 Å². The molecule has 0 aliphatic heterocycles. The van der Waals surface area contributed by atoms with Crippen LogP contribution < -0.4 is 4.74 Å². The Morgan fingerprint density at radius 3 is 2.35 bits per heavy atom. The van der Waals surface area contributed by atoms with Gasteiger partial charge in [0.2, 0.25) is 5.82 Å². The third kappa shape index (κ3) is 2.60. The molecule has 2 rings (SSSR count). The van der Waals surface area contributed by atoms with Crippen LogP contribution in [0.1, 0.15) is 5.56 Å². The number of halogens is 2. The largest absolute Gasteiger partial charge is 0.454 e. The molecule has 4 heteroatoms. The number of ether oxygens (including phenoxy) is 1. The molecule has 17 heavy (non-hydrogen) atoms. The maximum absolute atomic E-state index is 13.3. The lowest BCUT2D eigenvalue weighted by Gasteiger charge is -2.07. The van der Waals surface area contributed by atoms with Crippen LogP contribution in [0.4, 0.5) is 8.78 Å². The number of aliphatic hydroxyl groups excluding tert-OH is 1. The average molecular weight is 236 g/mol. The first-order valence-corrected chi connectivity index (χ1v) is 5.02. The summed E-state index contributed by atoms with van der Waals surface area (Å²) in [5.41, 5.74) is 0.720. The van der Waals surface area contributed by atoms with Gasteiger partial charge < -0.3 is 9.84 Å². The van der Waals surface area contributed by atoms with Gasteiger partial charge in [-0.05, 0) is 29.8 Å². The quantitative estimate of drug-likeness (QED) is 0.886. The second kappa shape index (κ2) is 4.93. The molecule has 0 saturated carbocycles. The van der Waals surface area contributed by atoms with Crippen molar-refractivity contribution in [2.75, 3.05) is 0 Å². The zero-order valence-corrected chi connectivity index (χ0v) is 8.86. The Morgan fingerprint density at radius 1 is 1.00 bits per heavy atom. The molecule has 0 fully saturated rings. The summed E-state index contributed by atoms with van der Waals surface area (Å²) < 4.78 is 31.4. The minimum absolute atomic E-state index is 0.0748. The fraction of sp³-hybridized carbons (Fsp3) is 0.0769. The van der Waals surface area contributed by atoms with Crippen molar-refractivity contribution in [3.63, 3.8) is 0 Å². The Balaban J connectivity index is 2.22. The molecule has 2 nitrogen and oxygen atoms in total. The van der Waals surface area contributed by atoms with E-state index in [4.69, 9.17) is 9.84 Å². The molecule has 0 aromatic heterocycles. The molecule has 0 amide bonds. The summed E-state index contributed by atoms with van der Waals surface area (Å²) in [4.78, 5) is 0. The fourth-order valence-electron chi connectivity index (χ4n) is 1.35. The van der Waals surface area contributed by atoms with Crippen LogP contribution in [0.15, 0.2) is 42.5 Å². The Labute approximate surface area is 97.1 Å². The summed E-state index contributed by atoms with van der Waals surface area (Å²) in [6.45, 7) is -0.0748. The minimum atomic E-state index is -1.02. The van der Waals surface area contributed by atoms with Crippen LogP contribution in [0.2, 0.25) is 0 Å². The standard InChI is InChI=1S/C13H10F2O2/c14-11-2-1-3-12(13(11)15)17-10-6-4-9(8-16)5-7-10/h1-7,16H,8H2. The highest BCUT2D eigenvalue weighted by atomic mass is 19.2. The maximum atomic E-state index is 13.3. The van der Waals surface area contributed by atoms with Crippen LogP contribution in [0.5, 0.6) is 11.5 Å². The molecule has 0 bridgehead atoms. The molecule has 0 atom stereocenters. The van der Waals surface area contributed by atoms with E-state index in [1.807, 2.05) is 0 Å². The van der Waals surface area contributed by atoms with Gasteiger partial charge in [-0.1, -0.05) is 18.2 Å². The van der Waals surface area contributed by atoms with Gasteiger partial charge in [0.25, 0.3) is 0 Å². The summed E-state index contributed by atoms with van der Waals surface area (Å²) in [5.74, 6) is -1.75. The van der Waals surface area contributed by atoms with E-state index in [1.54, 1.807) is 24.3 Å². The third-order valence-corrected chi connectivity index (χ3v) is 2.25. The summed E-state index contributed by atoms with van der Waals surface area (Å²) in [6, 6.07) is 10.2. The van der Waals surface area contributed by atoms with E-state index in [2.05, 4.69) is 0 Å². The molecular formula is C13H10F2O2. The minimum Gasteiger partial charge on any atom is -0.454 e. The van der Waals surface area contributed by atoms with Crippen molar-refractivity contribution in [2.24, 2.45) is 0 Å². The van der Waals surface area contributed by atoms with Crippen LogP contribution in [-0.2, 0) is 6.61 Å². The number of hydrogen-bond donors (Lipinski definition) is 1. The van der Waals surface area contributed by atoms with E-state index in [-0.39, 0.29) is 12.4 Å². The van der Waals surface area contributed by atoms with E-state index < -0.39 is 11.6 Å². The van der Waals surface area contributed by atoms with Crippen LogP contribution in [0.3, 0.4) is 0 Å². The van der Waals surface area contributed by atoms with Crippen LogP contribution in [0, 0.1) is 11.6 Å². The van der Waals surface area contributed by atoms with E-state index in [9.17, 15) is 8.78 Å². The van der Waals surface area contributed by atoms with Gasteiger partial charge in [0.15, 0.2) is 11.6 Å². The summed E-state index contributed by atoms with van der Waals surface area (Å²) >= 11 is 0. The molecule has 0 aliphatic carbocycles. The van der Waals surface area contributed by atoms with Crippen molar-refractivity contribution in [2.45, 2.75) is 6.61 Å². The molecule has 0 spiro atoms. The van der Waals surface area contributed by atoms with E-state index in [0.29, 0.717) is 5.75 Å². The lowest BCUT2D eigenvalue weighted by atomic mass is 10.2. The first-order valence-electron chi connectivity index (χ1n) is 5.02. The average Bonchev–Trinajstić information content (AvgIpc) is 2.36. The maximum Gasteiger partial charge on any atom is 0.201 e. The lowest BCUT2D eigenvalue weighted by Crippen LogP contribution is -1.91. The van der Waals surface area contributed by atoms with Gasteiger partial charge in [0.1, 0.15) is 5.75 Å². The first-order chi connectivity index (χ1) is 8.20. The number of aliphatic hydroxyl groups is 1. The molecule has 0 saturated heterocycles. The van der Waals surface area contributed by atoms with Gasteiger partial charge in [-0.3, -0.25) is 0 Å². The summed E-state index contributed by atoms with van der Waals surface area (Å²) in [5, 5.41) is 8.85. The zero-order chi connectivity index (χ0) is 12.3. The van der Waals surface area contributed by atoms with Crippen LogP contribution in [0.25, 0.3) is 0 Å². The highest BCUT2D eigenvalue weighted by Crippen LogP contribution is 2.25. The molecule has 1 N–H and O–H groups in total. The fourth-order valence-corrected chi connectivity index (χ4v) is 1.35. The highest BCUT2D eigenvalue weighted by Gasteiger charge is 2.09. The Hall–Kier alpha value is -1.94. The molecule has 2 aromatic rings. The van der Waals surface area contributed by atoms with Gasteiger partial charge in [0.05, 0.1) is 6.61 Å².